The number of aliphatic hydroxyl groups excluding tert-OH is 2. The van der Waals surface area contributed by atoms with Crippen LogP contribution in [0, 0.1) is 0 Å². The fourth-order valence-electron chi connectivity index (χ4n) is 2.99. The Morgan fingerprint density at radius 1 is 0.923 bits per heavy atom. The summed E-state index contributed by atoms with van der Waals surface area (Å²) >= 11 is 0. The van der Waals surface area contributed by atoms with Crippen LogP contribution in [0.25, 0.3) is 0 Å². The third-order valence-electron chi connectivity index (χ3n) is 4.51. The molecule has 0 aromatic heterocycles. The number of hydrogen-bond acceptors (Lipinski definition) is 4. The molecule has 1 rings (SSSR count). The third-order valence-corrected chi connectivity index (χ3v) is 4.51. The Hall–Kier alpha value is -1.59. The molecule has 5 heteroatoms. The first-order valence-corrected chi connectivity index (χ1v) is 9.28. The molecule has 0 bridgehead atoms. The molecule has 1 aromatic rings. The van der Waals surface area contributed by atoms with E-state index < -0.39 is 0 Å². The highest BCUT2D eigenvalue weighted by Gasteiger charge is 2.26. The minimum absolute atomic E-state index is 0.0872. The molecule has 0 atom stereocenters. The average molecular weight is 366 g/mol. The second-order valence-corrected chi connectivity index (χ2v) is 8.87. The lowest BCUT2D eigenvalue weighted by Crippen LogP contribution is -2.36. The van der Waals surface area contributed by atoms with Crippen molar-refractivity contribution in [3.8, 4) is 5.75 Å². The lowest BCUT2D eigenvalue weighted by molar-refractivity contribution is -0.132. The van der Waals surface area contributed by atoms with Crippen LogP contribution in [0.1, 0.15) is 64.7 Å². The van der Waals surface area contributed by atoms with Crippen LogP contribution in [-0.4, -0.2) is 52.4 Å². The number of hydrogen-bond donors (Lipinski definition) is 3. The van der Waals surface area contributed by atoms with Crippen molar-refractivity contribution in [3.63, 3.8) is 0 Å². The Labute approximate surface area is 157 Å². The van der Waals surface area contributed by atoms with E-state index in [0.717, 1.165) is 16.7 Å². The molecule has 0 radical (unpaired) electrons. The topological polar surface area (TPSA) is 81.0 Å². The molecular formula is C21H35NO4. The zero-order chi connectivity index (χ0) is 20.1. The van der Waals surface area contributed by atoms with E-state index in [4.69, 9.17) is 10.2 Å². The minimum atomic E-state index is -0.204. The highest BCUT2D eigenvalue weighted by molar-refractivity contribution is 5.76. The van der Waals surface area contributed by atoms with Crippen molar-refractivity contribution in [1.29, 1.82) is 0 Å². The van der Waals surface area contributed by atoms with Gasteiger partial charge in [0, 0.05) is 19.5 Å². The van der Waals surface area contributed by atoms with E-state index in [1.165, 1.54) is 4.90 Å². The Bertz CT molecular complexity index is 570. The Morgan fingerprint density at radius 2 is 1.35 bits per heavy atom. The minimum Gasteiger partial charge on any atom is -0.507 e. The number of carbonyl (C=O) groups excluding carboxylic acids is 1. The summed E-state index contributed by atoms with van der Waals surface area (Å²) in [4.78, 5) is 13.9. The number of aliphatic hydroxyl groups is 2. The van der Waals surface area contributed by atoms with E-state index in [0.29, 0.717) is 18.6 Å². The van der Waals surface area contributed by atoms with E-state index >= 15 is 0 Å². The summed E-state index contributed by atoms with van der Waals surface area (Å²) in [6.07, 6.45) is 0.858. The lowest BCUT2D eigenvalue weighted by atomic mass is 9.78. The molecule has 1 amide bonds. The molecule has 0 saturated carbocycles. The largest absolute Gasteiger partial charge is 0.507 e. The number of aryl methyl sites for hydroxylation is 1. The van der Waals surface area contributed by atoms with Gasteiger partial charge < -0.3 is 20.2 Å². The molecular weight excluding hydrogens is 330 g/mol. The van der Waals surface area contributed by atoms with Crippen molar-refractivity contribution in [2.24, 2.45) is 0 Å². The fraction of sp³-hybridized carbons (Fsp3) is 0.667. The van der Waals surface area contributed by atoms with Gasteiger partial charge in [-0.25, -0.2) is 0 Å². The molecule has 1 aromatic carbocycles. The van der Waals surface area contributed by atoms with Crippen LogP contribution in [0.5, 0.6) is 5.75 Å². The van der Waals surface area contributed by atoms with Gasteiger partial charge in [-0.1, -0.05) is 53.7 Å². The molecule has 0 saturated heterocycles. The van der Waals surface area contributed by atoms with Crippen molar-refractivity contribution in [2.45, 2.75) is 65.2 Å². The van der Waals surface area contributed by atoms with Crippen molar-refractivity contribution in [1.82, 2.24) is 4.90 Å². The summed E-state index contributed by atoms with van der Waals surface area (Å²) in [6, 6.07) is 3.97. The number of phenolic OH excluding ortho intramolecular Hbond substituents is 1. The zero-order valence-corrected chi connectivity index (χ0v) is 17.1. The molecule has 3 N–H and O–H groups in total. The van der Waals surface area contributed by atoms with Crippen LogP contribution < -0.4 is 0 Å². The first-order valence-electron chi connectivity index (χ1n) is 9.28. The van der Waals surface area contributed by atoms with E-state index in [9.17, 15) is 9.90 Å². The predicted octanol–water partition coefficient (Wildman–Crippen LogP) is 2.73. The highest BCUT2D eigenvalue weighted by Crippen LogP contribution is 2.39. The van der Waals surface area contributed by atoms with E-state index in [2.05, 4.69) is 41.5 Å². The van der Waals surface area contributed by atoms with Crippen molar-refractivity contribution in [3.05, 3.63) is 28.8 Å². The maximum absolute atomic E-state index is 12.4. The molecule has 5 nitrogen and oxygen atoms in total. The van der Waals surface area contributed by atoms with Crippen LogP contribution in [0.4, 0.5) is 0 Å². The van der Waals surface area contributed by atoms with Crippen molar-refractivity contribution >= 4 is 5.91 Å². The second-order valence-electron chi connectivity index (χ2n) is 8.87. The highest BCUT2D eigenvalue weighted by atomic mass is 16.3. The third kappa shape index (κ3) is 5.99. The molecule has 0 spiro atoms. The fourth-order valence-corrected chi connectivity index (χ4v) is 2.99. The molecule has 148 valence electrons. The monoisotopic (exact) mass is 365 g/mol. The van der Waals surface area contributed by atoms with Crippen LogP contribution in [0.15, 0.2) is 12.1 Å². The normalized spacial score (nSPS) is 12.3. The SMILES string of the molecule is CC(C)(C)c1cc(CCC(=O)N(CCO)CCO)cc(C(C)(C)C)c1O. The van der Waals surface area contributed by atoms with Gasteiger partial charge in [-0.05, 0) is 33.9 Å². The molecule has 0 aliphatic rings. The van der Waals surface area contributed by atoms with Gasteiger partial charge in [0.1, 0.15) is 5.75 Å². The van der Waals surface area contributed by atoms with E-state index in [1.807, 2.05) is 12.1 Å². The van der Waals surface area contributed by atoms with Gasteiger partial charge in [-0.15, -0.1) is 0 Å². The number of phenols is 1. The van der Waals surface area contributed by atoms with Gasteiger partial charge in [0.05, 0.1) is 13.2 Å². The number of carbonyl (C=O) groups is 1. The molecule has 0 heterocycles. The van der Waals surface area contributed by atoms with Gasteiger partial charge in [0.25, 0.3) is 0 Å². The van der Waals surface area contributed by atoms with Gasteiger partial charge in [-0.2, -0.15) is 0 Å². The number of amides is 1. The van der Waals surface area contributed by atoms with Crippen LogP contribution in [-0.2, 0) is 22.0 Å². The number of rotatable bonds is 7. The quantitative estimate of drug-likeness (QED) is 0.694. The molecule has 0 fully saturated rings. The van der Waals surface area contributed by atoms with Crippen molar-refractivity contribution in [2.75, 3.05) is 26.3 Å². The summed E-state index contributed by atoms with van der Waals surface area (Å²) in [5.74, 6) is 0.248. The number of benzene rings is 1. The average Bonchev–Trinajstić information content (AvgIpc) is 2.51. The lowest BCUT2D eigenvalue weighted by Gasteiger charge is -2.28. The molecule has 0 unspecified atom stereocenters. The predicted molar refractivity (Wildman–Crippen MR) is 105 cm³/mol. The standard InChI is InChI=1S/C21H35NO4/c1-20(2,3)16-13-15(14-17(19(16)26)21(4,5)6)7-8-18(25)22(9-11-23)10-12-24/h13-14,23-24,26H,7-12H2,1-6H3. The Balaban J connectivity index is 3.11. The first-order chi connectivity index (χ1) is 11.9. The molecule has 0 aliphatic heterocycles. The maximum atomic E-state index is 12.4. The summed E-state index contributed by atoms with van der Waals surface area (Å²) in [5.41, 5.74) is 2.37. The zero-order valence-electron chi connectivity index (χ0n) is 17.1. The van der Waals surface area contributed by atoms with Gasteiger partial charge >= 0.3 is 0 Å². The van der Waals surface area contributed by atoms with Gasteiger partial charge in [-0.3, -0.25) is 4.79 Å². The van der Waals surface area contributed by atoms with Crippen molar-refractivity contribution < 1.29 is 20.1 Å². The summed E-state index contributed by atoms with van der Waals surface area (Å²) in [7, 11) is 0. The number of nitrogens with zero attached hydrogens (tertiary/aromatic N) is 1. The first kappa shape index (κ1) is 22.5. The summed E-state index contributed by atoms with van der Waals surface area (Å²) < 4.78 is 0. The summed E-state index contributed by atoms with van der Waals surface area (Å²) in [5, 5.41) is 28.9. The second kappa shape index (κ2) is 8.87. The Morgan fingerprint density at radius 3 is 1.69 bits per heavy atom. The van der Waals surface area contributed by atoms with E-state index in [1.54, 1.807) is 0 Å². The van der Waals surface area contributed by atoms with Gasteiger partial charge in [0.15, 0.2) is 0 Å². The molecule has 0 aliphatic carbocycles. The smallest absolute Gasteiger partial charge is 0.223 e. The van der Waals surface area contributed by atoms with Gasteiger partial charge in [0.2, 0.25) is 5.91 Å². The Kier molecular flexibility index (Phi) is 7.66. The van der Waals surface area contributed by atoms with Crippen LogP contribution in [0.2, 0.25) is 0 Å². The number of aromatic hydroxyl groups is 1. The molecule has 26 heavy (non-hydrogen) atoms. The maximum Gasteiger partial charge on any atom is 0.223 e. The van der Waals surface area contributed by atoms with E-state index in [-0.39, 0.29) is 43.0 Å². The summed E-state index contributed by atoms with van der Waals surface area (Å²) in [6.45, 7) is 12.6. The van der Waals surface area contributed by atoms with Crippen LogP contribution >= 0.6 is 0 Å². The van der Waals surface area contributed by atoms with Crippen LogP contribution in [0.3, 0.4) is 0 Å².